The molecule has 1 heterocycles. The molecule has 1 unspecified atom stereocenters. The molecule has 0 radical (unpaired) electrons. The molecular weight excluding hydrogens is 434 g/mol. The van der Waals surface area contributed by atoms with E-state index in [9.17, 15) is 14.7 Å². The summed E-state index contributed by atoms with van der Waals surface area (Å²) in [4.78, 5) is 32.0. The third-order valence-electron chi connectivity index (χ3n) is 5.93. The largest absolute Gasteiger partial charge is 0.506 e. The molecule has 1 aliphatic heterocycles. The summed E-state index contributed by atoms with van der Waals surface area (Å²) in [5, 5.41) is 11.4. The molecule has 1 atom stereocenters. The molecule has 1 fully saturated rings. The van der Waals surface area contributed by atoms with Crippen LogP contribution >= 0.6 is 0 Å². The highest BCUT2D eigenvalue weighted by Gasteiger charge is 2.46. The zero-order valence-corrected chi connectivity index (χ0v) is 20.7. The van der Waals surface area contributed by atoms with Gasteiger partial charge in [0.2, 0.25) is 0 Å². The molecule has 0 spiro atoms. The number of carbonyl (C=O) groups excluding carboxylic acids is 2. The fourth-order valence-corrected chi connectivity index (χ4v) is 4.19. The second-order valence-electron chi connectivity index (χ2n) is 8.67. The first kappa shape index (κ1) is 25.1. The lowest BCUT2D eigenvalue weighted by molar-refractivity contribution is -0.139. The zero-order valence-electron chi connectivity index (χ0n) is 20.7. The van der Waals surface area contributed by atoms with E-state index >= 15 is 0 Å². The summed E-state index contributed by atoms with van der Waals surface area (Å²) in [5.41, 5.74) is 1.99. The summed E-state index contributed by atoms with van der Waals surface area (Å²) in [6, 6.07) is 12.0. The molecule has 3 rings (SSSR count). The third kappa shape index (κ3) is 4.87. The van der Waals surface area contributed by atoms with Crippen LogP contribution in [-0.2, 0) is 9.59 Å². The van der Waals surface area contributed by atoms with Crippen molar-refractivity contribution in [2.45, 2.75) is 12.5 Å². The van der Waals surface area contributed by atoms with E-state index in [1.807, 2.05) is 62.3 Å². The molecule has 8 nitrogen and oxygen atoms in total. The Kier molecular flexibility index (Phi) is 7.83. The van der Waals surface area contributed by atoms with Crippen molar-refractivity contribution in [1.82, 2.24) is 9.80 Å². The van der Waals surface area contributed by atoms with Gasteiger partial charge in [-0.15, -0.1) is 0 Å². The topological polar surface area (TPSA) is 82.5 Å². The number of aliphatic hydroxyl groups excluding tert-OH is 1. The fourth-order valence-electron chi connectivity index (χ4n) is 4.19. The minimum absolute atomic E-state index is 0.0234. The molecule has 1 saturated heterocycles. The summed E-state index contributed by atoms with van der Waals surface area (Å²) in [7, 11) is 10.7. The molecule has 1 aliphatic rings. The minimum atomic E-state index is -0.729. The van der Waals surface area contributed by atoms with Crippen molar-refractivity contribution in [3.05, 3.63) is 59.2 Å². The SMILES string of the molecule is COc1cccc(OC)c1/C(O)=C1\C(=O)C(=O)N(CCCN(C)C)C1c1ccc(N(C)C)cc1. The number of anilines is 1. The van der Waals surface area contributed by atoms with Gasteiger partial charge in [0.05, 0.1) is 25.8 Å². The molecule has 0 aliphatic carbocycles. The van der Waals surface area contributed by atoms with E-state index < -0.39 is 17.7 Å². The van der Waals surface area contributed by atoms with Gasteiger partial charge in [0, 0.05) is 26.3 Å². The monoisotopic (exact) mass is 467 g/mol. The zero-order chi connectivity index (χ0) is 25.0. The number of aliphatic hydroxyl groups is 1. The van der Waals surface area contributed by atoms with Crippen LogP contribution < -0.4 is 14.4 Å². The van der Waals surface area contributed by atoms with E-state index in [1.165, 1.54) is 14.2 Å². The molecule has 1 N–H and O–H groups in total. The van der Waals surface area contributed by atoms with Crippen molar-refractivity contribution in [3.63, 3.8) is 0 Å². The molecule has 34 heavy (non-hydrogen) atoms. The van der Waals surface area contributed by atoms with Crippen LogP contribution in [0.3, 0.4) is 0 Å². The Morgan fingerprint density at radius 3 is 2.06 bits per heavy atom. The minimum Gasteiger partial charge on any atom is -0.506 e. The second-order valence-corrected chi connectivity index (χ2v) is 8.67. The van der Waals surface area contributed by atoms with Crippen LogP contribution in [0.1, 0.15) is 23.6 Å². The standard InChI is InChI=1S/C26H33N3O5/c1-27(2)15-8-16-29-23(17-11-13-18(14-12-17)28(3)4)22(25(31)26(29)32)24(30)21-19(33-5)9-7-10-20(21)34-6/h7,9-14,23,30H,8,15-16H2,1-6H3/b24-22+. The van der Waals surface area contributed by atoms with Crippen molar-refractivity contribution in [2.75, 3.05) is 60.4 Å². The lowest BCUT2D eigenvalue weighted by Gasteiger charge is -2.26. The van der Waals surface area contributed by atoms with Gasteiger partial charge in [-0.3, -0.25) is 9.59 Å². The second kappa shape index (κ2) is 10.6. The first-order valence-electron chi connectivity index (χ1n) is 11.1. The molecule has 0 aromatic heterocycles. The Bertz CT molecular complexity index is 1050. The predicted octanol–water partition coefficient (Wildman–Crippen LogP) is 3.14. The maximum absolute atomic E-state index is 13.3. The number of Topliss-reactive ketones (excluding diaryl/α,β-unsaturated/α-hetero) is 1. The number of nitrogens with zero attached hydrogens (tertiary/aromatic N) is 3. The third-order valence-corrected chi connectivity index (χ3v) is 5.93. The Morgan fingerprint density at radius 1 is 0.971 bits per heavy atom. The lowest BCUT2D eigenvalue weighted by atomic mass is 9.94. The number of likely N-dealkylation sites (tertiary alicyclic amines) is 1. The number of carbonyl (C=O) groups is 2. The van der Waals surface area contributed by atoms with Gasteiger partial charge in [-0.25, -0.2) is 0 Å². The summed E-state index contributed by atoms with van der Waals surface area (Å²) in [6.07, 6.45) is 0.685. The van der Waals surface area contributed by atoms with Gasteiger partial charge < -0.3 is 29.3 Å². The van der Waals surface area contributed by atoms with Crippen LogP contribution in [0.4, 0.5) is 5.69 Å². The van der Waals surface area contributed by atoms with Crippen molar-refractivity contribution in [1.29, 1.82) is 0 Å². The Balaban J connectivity index is 2.19. The van der Waals surface area contributed by atoms with Gasteiger partial charge >= 0.3 is 0 Å². The Labute approximate surface area is 201 Å². The van der Waals surface area contributed by atoms with Gasteiger partial charge in [-0.05, 0) is 56.9 Å². The summed E-state index contributed by atoms with van der Waals surface area (Å²) < 4.78 is 10.9. The lowest BCUT2D eigenvalue weighted by Crippen LogP contribution is -2.32. The number of rotatable bonds is 9. The first-order chi connectivity index (χ1) is 16.2. The van der Waals surface area contributed by atoms with Crippen LogP contribution in [0.2, 0.25) is 0 Å². The maximum Gasteiger partial charge on any atom is 0.295 e. The molecule has 2 aromatic carbocycles. The van der Waals surface area contributed by atoms with Crippen LogP contribution in [0, 0.1) is 0 Å². The molecular formula is C26H33N3O5. The van der Waals surface area contributed by atoms with Gasteiger partial charge in [-0.2, -0.15) is 0 Å². The van der Waals surface area contributed by atoms with Crippen LogP contribution in [0.25, 0.3) is 5.76 Å². The van der Waals surface area contributed by atoms with E-state index in [4.69, 9.17) is 9.47 Å². The number of ketones is 1. The molecule has 8 heteroatoms. The van der Waals surface area contributed by atoms with E-state index in [2.05, 4.69) is 0 Å². The number of hydrogen-bond acceptors (Lipinski definition) is 7. The van der Waals surface area contributed by atoms with E-state index in [1.54, 1.807) is 23.1 Å². The average Bonchev–Trinajstić information content (AvgIpc) is 3.07. The number of ether oxygens (including phenoxy) is 2. The smallest absolute Gasteiger partial charge is 0.295 e. The number of hydrogen-bond donors (Lipinski definition) is 1. The normalized spacial score (nSPS) is 17.4. The Morgan fingerprint density at radius 2 is 1.56 bits per heavy atom. The van der Waals surface area contributed by atoms with Gasteiger partial charge in [0.1, 0.15) is 22.8 Å². The Hall–Kier alpha value is -3.52. The quantitative estimate of drug-likeness (QED) is 0.345. The molecule has 0 saturated carbocycles. The summed E-state index contributed by atoms with van der Waals surface area (Å²) in [6.45, 7) is 1.14. The molecule has 0 bridgehead atoms. The van der Waals surface area contributed by atoms with Crippen molar-refractivity contribution in [3.8, 4) is 11.5 Å². The van der Waals surface area contributed by atoms with Gasteiger partial charge in [0.15, 0.2) is 0 Å². The van der Waals surface area contributed by atoms with Crippen molar-refractivity contribution < 1.29 is 24.2 Å². The molecule has 2 aromatic rings. The number of methoxy groups -OCH3 is 2. The first-order valence-corrected chi connectivity index (χ1v) is 11.1. The fraction of sp³-hybridized carbons (Fsp3) is 0.385. The van der Waals surface area contributed by atoms with Crippen LogP contribution in [-0.4, -0.2) is 82.1 Å². The highest BCUT2D eigenvalue weighted by Crippen LogP contribution is 2.43. The van der Waals surface area contributed by atoms with Crippen molar-refractivity contribution in [2.24, 2.45) is 0 Å². The predicted molar refractivity (Wildman–Crippen MR) is 132 cm³/mol. The van der Waals surface area contributed by atoms with E-state index in [0.717, 1.165) is 17.8 Å². The van der Waals surface area contributed by atoms with E-state index in [-0.39, 0.29) is 16.9 Å². The molecule has 1 amide bonds. The molecule has 182 valence electrons. The summed E-state index contributed by atoms with van der Waals surface area (Å²) >= 11 is 0. The van der Waals surface area contributed by atoms with Crippen molar-refractivity contribution >= 4 is 23.1 Å². The number of benzene rings is 2. The maximum atomic E-state index is 13.3. The van der Waals surface area contributed by atoms with Crippen LogP contribution in [0.5, 0.6) is 11.5 Å². The number of amides is 1. The average molecular weight is 468 g/mol. The highest BCUT2D eigenvalue weighted by atomic mass is 16.5. The van der Waals surface area contributed by atoms with Gasteiger partial charge in [-0.1, -0.05) is 18.2 Å². The van der Waals surface area contributed by atoms with Gasteiger partial charge in [0.25, 0.3) is 11.7 Å². The van der Waals surface area contributed by atoms with Crippen LogP contribution in [0.15, 0.2) is 48.0 Å². The highest BCUT2D eigenvalue weighted by molar-refractivity contribution is 6.46. The van der Waals surface area contributed by atoms with E-state index in [0.29, 0.717) is 24.5 Å². The summed E-state index contributed by atoms with van der Waals surface area (Å²) in [5.74, 6) is -0.980.